The molecule has 0 saturated carbocycles. The number of benzene rings is 2. The van der Waals surface area contributed by atoms with Crippen molar-refractivity contribution in [2.75, 3.05) is 19.7 Å². The van der Waals surface area contributed by atoms with Crippen LogP contribution in [0, 0.1) is 23.0 Å². The fourth-order valence-electron chi connectivity index (χ4n) is 9.01. The summed E-state index contributed by atoms with van der Waals surface area (Å²) in [4.78, 5) is 172. The number of ketones is 1. The van der Waals surface area contributed by atoms with Crippen molar-refractivity contribution in [3.8, 4) is 11.1 Å². The van der Waals surface area contributed by atoms with Crippen LogP contribution in [-0.2, 0) is 73.7 Å². The molecule has 4 rings (SSSR count). The Balaban J connectivity index is 1.59. The Morgan fingerprint density at radius 3 is 2.00 bits per heavy atom. The number of hydrogen-bond donors (Lipinski definition) is 9. The topological polar surface area (TPSA) is 389 Å². The summed E-state index contributed by atoms with van der Waals surface area (Å²) in [5.74, 6) is -15.3. The molecule has 9 amide bonds. The summed E-state index contributed by atoms with van der Waals surface area (Å²) >= 11 is 0. The normalized spacial score (nSPS) is 14.4. The lowest BCUT2D eigenvalue weighted by atomic mass is 9.82. The van der Waals surface area contributed by atoms with E-state index in [2.05, 4.69) is 26.6 Å². The summed E-state index contributed by atoms with van der Waals surface area (Å²) < 4.78 is 31.8. The summed E-state index contributed by atoms with van der Waals surface area (Å²) in [5, 5.41) is 41.2. The van der Waals surface area contributed by atoms with Crippen molar-refractivity contribution in [3.05, 3.63) is 83.7 Å². The van der Waals surface area contributed by atoms with Gasteiger partial charge in [-0.2, -0.15) is 0 Å². The number of hydroxylamine groups is 2. The van der Waals surface area contributed by atoms with E-state index in [4.69, 9.17) is 15.7 Å². The predicted octanol–water partition coefficient (Wildman–Crippen LogP) is 1.44. The molecular weight excluding hydrogens is 1110 g/mol. The average Bonchev–Trinajstić information content (AvgIpc) is 2.02. The molecule has 0 unspecified atom stereocenters. The second-order valence-electron chi connectivity index (χ2n) is 21.2. The van der Waals surface area contributed by atoms with Gasteiger partial charge in [-0.3, -0.25) is 52.7 Å². The van der Waals surface area contributed by atoms with Gasteiger partial charge in [0.15, 0.2) is 5.78 Å². The first-order chi connectivity index (χ1) is 39.5. The highest BCUT2D eigenvalue weighted by Crippen LogP contribution is 2.41. The first-order valence-electron chi connectivity index (χ1n) is 26.9. The first-order valence-corrected chi connectivity index (χ1v) is 26.9. The quantitative estimate of drug-likeness (QED) is 0.0390. The molecule has 3 aromatic rings. The Labute approximate surface area is 481 Å². The predicted molar refractivity (Wildman–Crippen MR) is 290 cm³/mol. The number of hydrogen-bond acceptors (Lipinski definition) is 15. The number of nitrogens with two attached hydrogens (primary N) is 1. The molecule has 0 spiro atoms. The molecule has 2 heterocycles. The van der Waals surface area contributed by atoms with E-state index in [-0.39, 0.29) is 49.8 Å². The maximum atomic E-state index is 15.4. The number of nitrogens with zero attached hydrogens (tertiary/aromatic N) is 3. The largest absolute Gasteiger partial charge is 0.481 e. The molecule has 456 valence electrons. The van der Waals surface area contributed by atoms with Crippen molar-refractivity contribution in [1.82, 2.24) is 41.1 Å². The summed E-state index contributed by atoms with van der Waals surface area (Å²) in [6.45, 7) is 5.99. The number of amides is 9. The Morgan fingerprint density at radius 1 is 0.750 bits per heavy atom. The number of carbonyl (C=O) groups excluding carboxylic acids is 11. The number of aliphatic carboxylic acids is 2. The molecule has 84 heavy (non-hydrogen) atoms. The molecule has 0 bridgehead atoms. The number of imide groups is 1. The molecule has 6 atom stereocenters. The van der Waals surface area contributed by atoms with E-state index in [1.54, 1.807) is 55.8 Å². The van der Waals surface area contributed by atoms with Gasteiger partial charge in [0.25, 0.3) is 11.8 Å². The van der Waals surface area contributed by atoms with Gasteiger partial charge in [-0.25, -0.2) is 18.4 Å². The number of carboxylic acids is 2. The van der Waals surface area contributed by atoms with Crippen LogP contribution >= 0.6 is 0 Å². The summed E-state index contributed by atoms with van der Waals surface area (Å²) in [7, 11) is 0. The lowest BCUT2D eigenvalue weighted by Crippen LogP contribution is -2.56. The number of carbonyl (C=O) groups is 13. The summed E-state index contributed by atoms with van der Waals surface area (Å²) in [6, 6.07) is 6.10. The molecule has 10 N–H and O–H groups in total. The lowest BCUT2D eigenvalue weighted by Gasteiger charge is -2.41. The molecule has 1 saturated heterocycles. The van der Waals surface area contributed by atoms with Gasteiger partial charge in [0, 0.05) is 93.5 Å². The zero-order chi connectivity index (χ0) is 62.6. The number of carboxylic acid groups (broad SMARTS) is 2. The van der Waals surface area contributed by atoms with Gasteiger partial charge in [0.1, 0.15) is 36.4 Å². The monoisotopic (exact) mass is 1180 g/mol. The van der Waals surface area contributed by atoms with Gasteiger partial charge < -0.3 is 61.9 Å². The molecule has 0 radical (unpaired) electrons. The number of aliphatic hydroxyl groups excluding tert-OH is 1. The van der Waals surface area contributed by atoms with Crippen LogP contribution in [0.1, 0.15) is 123 Å². The van der Waals surface area contributed by atoms with Gasteiger partial charge in [0.2, 0.25) is 41.4 Å². The number of aliphatic hydroxyl groups is 1. The Morgan fingerprint density at radius 2 is 1.39 bits per heavy atom. The second-order valence-corrected chi connectivity index (χ2v) is 21.2. The minimum Gasteiger partial charge on any atom is -0.481 e. The molecular formula is C56H71F2N9O17. The van der Waals surface area contributed by atoms with Crippen LogP contribution in [0.2, 0.25) is 0 Å². The van der Waals surface area contributed by atoms with Gasteiger partial charge in [-0.1, -0.05) is 58.0 Å². The van der Waals surface area contributed by atoms with Crippen LogP contribution in [0.4, 0.5) is 8.78 Å². The Hall–Kier alpha value is -8.95. The van der Waals surface area contributed by atoms with Gasteiger partial charge in [0.05, 0.1) is 18.5 Å². The highest BCUT2D eigenvalue weighted by Gasteiger charge is 2.39. The Bertz CT molecular complexity index is 2930. The summed E-state index contributed by atoms with van der Waals surface area (Å²) in [5.41, 5.74) is 5.79. The third-order valence-corrected chi connectivity index (χ3v) is 13.3. The fourth-order valence-corrected chi connectivity index (χ4v) is 9.01. The van der Waals surface area contributed by atoms with Crippen molar-refractivity contribution in [3.63, 3.8) is 0 Å². The average molecular weight is 1180 g/mol. The zero-order valence-corrected chi connectivity index (χ0v) is 47.1. The standard InChI is InChI=1S/C56H71F2N9O17/c1-31(24-42(69)32(2)61-44(71)12-9-13-50(78)84-67-46(73)17-18-47(67)74)52(79)64-40(27-43(59)70)54(81)63-38(53(80)60-22-20-45(72)62-39(55(82)83)16-19-49(76)77)21-23-66(48(75)30-68)51(56(3,4)5)41-25-34(36-26-35(57)14-15-37(36)58)29-65(41)28-33-10-7-6-8-11-33/h6-8,10-11,14-15,25-26,29,31-32,38-40,51,68H,9,12-13,16-24,27-28,30H2,1-5H3,(H2,59,70)(H,60,80)(H,61,71)(H,62,72)(H,63,81)(H,64,79)(H,76,77)(H,82,83)/t31-,32-,38-,39-,40-,51-/m0/s1. The van der Waals surface area contributed by atoms with E-state index in [9.17, 15) is 76.9 Å². The minimum absolute atomic E-state index is 0.0835. The maximum Gasteiger partial charge on any atom is 0.333 e. The number of aromatic nitrogens is 1. The van der Waals surface area contributed by atoms with Crippen LogP contribution in [0.3, 0.4) is 0 Å². The first kappa shape index (κ1) is 67.6. The van der Waals surface area contributed by atoms with E-state index in [0.29, 0.717) is 10.8 Å². The fraction of sp³-hybridized carbons (Fsp3) is 0.482. The van der Waals surface area contributed by atoms with Crippen LogP contribution in [0.15, 0.2) is 60.8 Å². The molecule has 26 nitrogen and oxygen atoms in total. The highest BCUT2D eigenvalue weighted by molar-refractivity contribution is 6.01. The van der Waals surface area contributed by atoms with E-state index < -0.39 is 188 Å². The molecule has 1 aromatic heterocycles. The molecule has 1 aliphatic rings. The second kappa shape index (κ2) is 31.5. The van der Waals surface area contributed by atoms with Crippen LogP contribution < -0.4 is 32.3 Å². The minimum atomic E-state index is -1.82. The van der Waals surface area contributed by atoms with E-state index in [1.165, 1.54) is 18.7 Å². The highest BCUT2D eigenvalue weighted by atomic mass is 19.1. The third-order valence-electron chi connectivity index (χ3n) is 13.3. The molecule has 2 aromatic carbocycles. The van der Waals surface area contributed by atoms with Crippen molar-refractivity contribution < 1.29 is 91.3 Å². The number of halogens is 2. The van der Waals surface area contributed by atoms with E-state index in [0.717, 1.165) is 23.8 Å². The smallest absolute Gasteiger partial charge is 0.333 e. The molecule has 28 heteroatoms. The maximum absolute atomic E-state index is 15.4. The number of nitrogens with one attached hydrogen (secondary N) is 5. The zero-order valence-electron chi connectivity index (χ0n) is 47.1. The van der Waals surface area contributed by atoms with Gasteiger partial charge in [-0.05, 0) is 61.4 Å². The van der Waals surface area contributed by atoms with Crippen LogP contribution in [-0.4, -0.2) is 151 Å². The number of rotatable bonds is 33. The van der Waals surface area contributed by atoms with E-state index in [1.807, 2.05) is 12.1 Å². The van der Waals surface area contributed by atoms with Crippen molar-refractivity contribution in [1.29, 1.82) is 0 Å². The SMILES string of the molecule is C[C@H](NC(=O)CCCC(=O)ON1C(=O)CCC1=O)C(=O)C[C@H](C)C(=O)N[C@@H](CC(N)=O)C(=O)N[C@@H](CCN(C(=O)CO)[C@@H](c1cc(-c2cc(F)ccc2F)cn1Cc1ccccc1)C(C)(C)C)C(=O)NCCC(=O)N[C@@H](CCC(=O)O)C(=O)O. The summed E-state index contributed by atoms with van der Waals surface area (Å²) in [6.07, 6.45) is -2.87. The molecule has 1 fully saturated rings. The van der Waals surface area contributed by atoms with Crippen molar-refractivity contribution >= 4 is 76.9 Å². The van der Waals surface area contributed by atoms with Gasteiger partial charge in [-0.15, -0.1) is 5.06 Å². The van der Waals surface area contributed by atoms with Crippen LogP contribution in [0.25, 0.3) is 11.1 Å². The Kier molecular flexibility index (Phi) is 25.3. The van der Waals surface area contributed by atoms with E-state index >= 15 is 4.39 Å². The number of Topliss-reactive ketones (excluding diaryl/α,β-unsaturated/α-hetero) is 1. The van der Waals surface area contributed by atoms with Crippen molar-refractivity contribution in [2.45, 2.75) is 142 Å². The molecule has 0 aliphatic carbocycles. The molecule has 1 aliphatic heterocycles. The third kappa shape index (κ3) is 20.8. The number of primary amides is 1. The van der Waals surface area contributed by atoms with Crippen LogP contribution in [0.5, 0.6) is 0 Å². The van der Waals surface area contributed by atoms with Crippen molar-refractivity contribution in [2.24, 2.45) is 17.1 Å². The lowest BCUT2D eigenvalue weighted by molar-refractivity contribution is -0.197. The van der Waals surface area contributed by atoms with Gasteiger partial charge >= 0.3 is 17.9 Å².